The molecule has 2 rings (SSSR count). The van der Waals surface area contributed by atoms with Crippen LogP contribution in [0.5, 0.6) is 5.75 Å². The second-order valence-corrected chi connectivity index (χ2v) is 4.04. The quantitative estimate of drug-likeness (QED) is 0.768. The molecule has 0 radical (unpaired) electrons. The highest BCUT2D eigenvalue weighted by atomic mass is 16.5. The zero-order valence-corrected chi connectivity index (χ0v) is 8.94. The van der Waals surface area contributed by atoms with E-state index in [-0.39, 0.29) is 6.10 Å². The molecule has 1 atom stereocenters. The van der Waals surface area contributed by atoms with Crippen molar-refractivity contribution in [1.29, 1.82) is 0 Å². The van der Waals surface area contributed by atoms with Crippen LogP contribution < -0.4 is 10.1 Å². The van der Waals surface area contributed by atoms with Gasteiger partial charge in [0.15, 0.2) is 0 Å². The normalized spacial score (nSPS) is 18.3. The van der Waals surface area contributed by atoms with Crippen molar-refractivity contribution >= 4 is 0 Å². The Labute approximate surface area is 90.1 Å². The fourth-order valence-electron chi connectivity index (χ4n) is 1.75. The first-order chi connectivity index (χ1) is 7.29. The summed E-state index contributed by atoms with van der Waals surface area (Å²) in [6, 6.07) is 7.88. The number of methoxy groups -OCH3 is 1. The van der Waals surface area contributed by atoms with E-state index in [1.807, 2.05) is 24.3 Å². The molecule has 0 bridgehead atoms. The van der Waals surface area contributed by atoms with Crippen molar-refractivity contribution in [1.82, 2.24) is 5.32 Å². The molecular formula is C12H17NO2. The first kappa shape index (κ1) is 10.5. The van der Waals surface area contributed by atoms with E-state index in [2.05, 4.69) is 5.32 Å². The maximum Gasteiger partial charge on any atom is 0.118 e. The van der Waals surface area contributed by atoms with Crippen LogP contribution in [0.4, 0.5) is 0 Å². The van der Waals surface area contributed by atoms with E-state index in [9.17, 15) is 5.11 Å². The monoisotopic (exact) mass is 207 g/mol. The van der Waals surface area contributed by atoms with E-state index < -0.39 is 0 Å². The fourth-order valence-corrected chi connectivity index (χ4v) is 1.75. The second kappa shape index (κ2) is 4.64. The second-order valence-electron chi connectivity index (χ2n) is 4.04. The Hall–Kier alpha value is -1.06. The highest BCUT2D eigenvalue weighted by Gasteiger charge is 2.24. The van der Waals surface area contributed by atoms with Crippen LogP contribution in [0.25, 0.3) is 0 Å². The summed E-state index contributed by atoms with van der Waals surface area (Å²) in [5.74, 6) is 1.28. The lowest BCUT2D eigenvalue weighted by Gasteiger charge is -2.31. The summed E-state index contributed by atoms with van der Waals surface area (Å²) < 4.78 is 5.08. The Morgan fingerprint density at radius 1 is 1.40 bits per heavy atom. The van der Waals surface area contributed by atoms with Crippen LogP contribution in [-0.4, -0.2) is 31.4 Å². The van der Waals surface area contributed by atoms with Gasteiger partial charge < -0.3 is 15.2 Å². The molecule has 0 spiro atoms. The Morgan fingerprint density at radius 3 is 2.53 bits per heavy atom. The third-order valence-electron chi connectivity index (χ3n) is 2.96. The average Bonchev–Trinajstić information content (AvgIpc) is 2.16. The molecule has 1 fully saturated rings. The zero-order valence-electron chi connectivity index (χ0n) is 8.94. The molecule has 0 saturated carbocycles. The van der Waals surface area contributed by atoms with Crippen LogP contribution in [0.15, 0.2) is 24.3 Å². The number of aliphatic hydroxyl groups excluding tert-OH is 1. The number of hydrogen-bond donors (Lipinski definition) is 2. The van der Waals surface area contributed by atoms with Crippen LogP contribution in [0.2, 0.25) is 0 Å². The average molecular weight is 207 g/mol. The van der Waals surface area contributed by atoms with Crippen LogP contribution in [0.3, 0.4) is 0 Å². The first-order valence-corrected chi connectivity index (χ1v) is 5.31. The molecule has 3 nitrogen and oxygen atoms in total. The van der Waals surface area contributed by atoms with Crippen molar-refractivity contribution in [3.8, 4) is 5.75 Å². The molecule has 1 unspecified atom stereocenters. The lowest BCUT2D eigenvalue weighted by atomic mass is 9.92. The van der Waals surface area contributed by atoms with Gasteiger partial charge in [0.2, 0.25) is 0 Å². The molecule has 1 saturated heterocycles. The van der Waals surface area contributed by atoms with Crippen LogP contribution in [0, 0.1) is 5.92 Å². The van der Waals surface area contributed by atoms with Crippen molar-refractivity contribution in [3.05, 3.63) is 29.8 Å². The molecule has 1 aliphatic rings. The molecule has 1 aromatic carbocycles. The molecule has 3 heteroatoms. The van der Waals surface area contributed by atoms with E-state index in [0.29, 0.717) is 5.92 Å². The molecule has 1 heterocycles. The third-order valence-corrected chi connectivity index (χ3v) is 2.96. The zero-order chi connectivity index (χ0) is 10.7. The molecule has 2 N–H and O–H groups in total. The number of hydrogen-bond acceptors (Lipinski definition) is 3. The lowest BCUT2D eigenvalue weighted by molar-refractivity contribution is 0.0772. The molecule has 15 heavy (non-hydrogen) atoms. The van der Waals surface area contributed by atoms with Gasteiger partial charge in [-0.05, 0) is 24.1 Å². The van der Waals surface area contributed by atoms with Gasteiger partial charge in [-0.1, -0.05) is 12.1 Å². The van der Waals surface area contributed by atoms with E-state index in [1.165, 1.54) is 0 Å². The first-order valence-electron chi connectivity index (χ1n) is 5.31. The minimum absolute atomic E-state index is 0.223. The van der Waals surface area contributed by atoms with E-state index in [0.717, 1.165) is 30.8 Å². The van der Waals surface area contributed by atoms with Crippen LogP contribution in [0.1, 0.15) is 5.56 Å². The van der Waals surface area contributed by atoms with Gasteiger partial charge in [0.1, 0.15) is 5.75 Å². The fraction of sp³-hybridized carbons (Fsp3) is 0.500. The van der Waals surface area contributed by atoms with E-state index in [1.54, 1.807) is 7.11 Å². The minimum Gasteiger partial charge on any atom is -0.497 e. The van der Waals surface area contributed by atoms with Crippen molar-refractivity contribution < 1.29 is 9.84 Å². The van der Waals surface area contributed by atoms with Crippen molar-refractivity contribution in [2.45, 2.75) is 12.5 Å². The van der Waals surface area contributed by atoms with E-state index in [4.69, 9.17) is 4.74 Å². The van der Waals surface area contributed by atoms with Gasteiger partial charge in [0, 0.05) is 19.0 Å². The van der Waals surface area contributed by atoms with Gasteiger partial charge in [0.25, 0.3) is 0 Å². The van der Waals surface area contributed by atoms with Crippen LogP contribution in [-0.2, 0) is 6.42 Å². The number of ether oxygens (including phenoxy) is 1. The standard InChI is InChI=1S/C12H17NO2/c1-15-11-4-2-9(3-5-11)6-12(14)10-7-13-8-10/h2-5,10,12-14H,6-8H2,1H3. The van der Waals surface area contributed by atoms with Crippen molar-refractivity contribution in [2.75, 3.05) is 20.2 Å². The minimum atomic E-state index is -0.223. The Bertz CT molecular complexity index is 306. The van der Waals surface area contributed by atoms with Gasteiger partial charge in [-0.2, -0.15) is 0 Å². The summed E-state index contributed by atoms with van der Waals surface area (Å²) in [7, 11) is 1.66. The molecule has 0 aliphatic carbocycles. The summed E-state index contributed by atoms with van der Waals surface area (Å²) in [5, 5.41) is 13.0. The maximum atomic E-state index is 9.88. The largest absolute Gasteiger partial charge is 0.497 e. The van der Waals surface area contributed by atoms with Gasteiger partial charge >= 0.3 is 0 Å². The highest BCUT2D eigenvalue weighted by molar-refractivity contribution is 5.27. The van der Waals surface area contributed by atoms with Crippen molar-refractivity contribution in [3.63, 3.8) is 0 Å². The maximum absolute atomic E-state index is 9.88. The number of rotatable bonds is 4. The Kier molecular flexibility index (Phi) is 3.23. The Balaban J connectivity index is 1.91. The van der Waals surface area contributed by atoms with Gasteiger partial charge in [-0.25, -0.2) is 0 Å². The highest BCUT2D eigenvalue weighted by Crippen LogP contribution is 2.17. The van der Waals surface area contributed by atoms with Crippen molar-refractivity contribution in [2.24, 2.45) is 5.92 Å². The molecule has 0 amide bonds. The predicted octanol–water partition coefficient (Wildman–Crippen LogP) is 0.818. The van der Waals surface area contributed by atoms with Crippen LogP contribution >= 0.6 is 0 Å². The SMILES string of the molecule is COc1ccc(CC(O)C2CNC2)cc1. The van der Waals surface area contributed by atoms with E-state index >= 15 is 0 Å². The molecule has 1 aliphatic heterocycles. The molecule has 0 aromatic heterocycles. The van der Waals surface area contributed by atoms with Gasteiger partial charge in [-0.3, -0.25) is 0 Å². The summed E-state index contributed by atoms with van der Waals surface area (Å²) in [6.07, 6.45) is 0.510. The summed E-state index contributed by atoms with van der Waals surface area (Å²) in [4.78, 5) is 0. The molecule has 82 valence electrons. The Morgan fingerprint density at radius 2 is 2.07 bits per heavy atom. The summed E-state index contributed by atoms with van der Waals surface area (Å²) in [6.45, 7) is 1.88. The molecule has 1 aromatic rings. The molecular weight excluding hydrogens is 190 g/mol. The van der Waals surface area contributed by atoms with Gasteiger partial charge in [0.05, 0.1) is 13.2 Å². The lowest BCUT2D eigenvalue weighted by Crippen LogP contribution is -2.49. The summed E-state index contributed by atoms with van der Waals surface area (Å²) in [5.41, 5.74) is 1.16. The number of aliphatic hydroxyl groups is 1. The predicted molar refractivity (Wildman–Crippen MR) is 59.1 cm³/mol. The number of benzene rings is 1. The number of nitrogens with one attached hydrogen (secondary N) is 1. The topological polar surface area (TPSA) is 41.5 Å². The third kappa shape index (κ3) is 2.49. The summed E-state index contributed by atoms with van der Waals surface area (Å²) >= 11 is 0. The smallest absolute Gasteiger partial charge is 0.118 e. The van der Waals surface area contributed by atoms with Gasteiger partial charge in [-0.15, -0.1) is 0 Å².